The van der Waals surface area contributed by atoms with Crippen molar-refractivity contribution in [2.75, 3.05) is 0 Å². The molecule has 158 valence electrons. The first-order valence-corrected chi connectivity index (χ1v) is 9.24. The molecule has 1 amide bonds. The summed E-state index contributed by atoms with van der Waals surface area (Å²) < 4.78 is 54.2. The number of nitrogens with zero attached hydrogens (tertiary/aromatic N) is 3. The highest BCUT2D eigenvalue weighted by molar-refractivity contribution is 6.31. The van der Waals surface area contributed by atoms with Crippen molar-refractivity contribution >= 4 is 17.5 Å². The predicted octanol–water partition coefficient (Wildman–Crippen LogP) is 4.55. The lowest BCUT2D eigenvalue weighted by Crippen LogP contribution is -2.25. The fraction of sp³-hybridized carbons (Fsp3) is 0.250. The number of carbonyl (C=O) groups is 1. The maximum atomic E-state index is 13.3. The summed E-state index contributed by atoms with van der Waals surface area (Å²) in [7, 11) is 0. The molecule has 0 unspecified atom stereocenters. The van der Waals surface area contributed by atoms with Crippen LogP contribution in [0.2, 0.25) is 5.02 Å². The normalized spacial score (nSPS) is 11.6. The van der Waals surface area contributed by atoms with Gasteiger partial charge in [-0.25, -0.2) is 14.1 Å². The van der Waals surface area contributed by atoms with E-state index < -0.39 is 17.6 Å². The van der Waals surface area contributed by atoms with Crippen LogP contribution in [0, 0.1) is 19.7 Å². The number of aryl methyl sites for hydroxylation is 1. The zero-order chi connectivity index (χ0) is 22.1. The molecule has 0 saturated carbocycles. The quantitative estimate of drug-likeness (QED) is 0.592. The molecule has 10 heteroatoms. The van der Waals surface area contributed by atoms with Crippen LogP contribution < -0.4 is 5.32 Å². The van der Waals surface area contributed by atoms with E-state index in [1.165, 1.54) is 24.4 Å². The minimum atomic E-state index is -4.60. The van der Waals surface area contributed by atoms with Gasteiger partial charge in [0.05, 0.1) is 12.1 Å². The number of hydrogen-bond donors (Lipinski definition) is 1. The molecule has 0 bridgehead atoms. The van der Waals surface area contributed by atoms with Crippen LogP contribution in [-0.4, -0.2) is 20.7 Å². The second-order valence-electron chi connectivity index (χ2n) is 6.62. The summed E-state index contributed by atoms with van der Waals surface area (Å²) in [4.78, 5) is 16.2. The summed E-state index contributed by atoms with van der Waals surface area (Å²) in [5.74, 6) is -1.21. The molecule has 0 aliphatic rings. The molecule has 5 nitrogen and oxygen atoms in total. The van der Waals surface area contributed by atoms with E-state index >= 15 is 0 Å². The van der Waals surface area contributed by atoms with Crippen molar-refractivity contribution in [3.63, 3.8) is 0 Å². The second-order valence-corrected chi connectivity index (χ2v) is 7.03. The van der Waals surface area contributed by atoms with E-state index in [4.69, 9.17) is 11.6 Å². The van der Waals surface area contributed by atoms with Crippen LogP contribution >= 0.6 is 11.6 Å². The molecule has 2 heterocycles. The van der Waals surface area contributed by atoms with Crippen molar-refractivity contribution in [2.45, 2.75) is 33.0 Å². The molecular weight excluding hydrogens is 424 g/mol. The first kappa shape index (κ1) is 21.8. The van der Waals surface area contributed by atoms with E-state index in [9.17, 15) is 22.4 Å². The van der Waals surface area contributed by atoms with Gasteiger partial charge in [0.25, 0.3) is 0 Å². The third-order valence-corrected chi connectivity index (χ3v) is 4.91. The Morgan fingerprint density at radius 3 is 2.63 bits per heavy atom. The Morgan fingerprint density at radius 1 is 1.23 bits per heavy atom. The molecule has 0 saturated heterocycles. The number of alkyl halides is 3. The van der Waals surface area contributed by atoms with Crippen molar-refractivity contribution < 1.29 is 22.4 Å². The van der Waals surface area contributed by atoms with Gasteiger partial charge in [-0.15, -0.1) is 0 Å². The van der Waals surface area contributed by atoms with Gasteiger partial charge in [0.15, 0.2) is 5.82 Å². The van der Waals surface area contributed by atoms with Crippen molar-refractivity contribution in [3.05, 3.63) is 75.4 Å². The average molecular weight is 441 g/mol. The molecule has 0 radical (unpaired) electrons. The number of hydrogen-bond acceptors (Lipinski definition) is 3. The number of benzene rings is 1. The van der Waals surface area contributed by atoms with Gasteiger partial charge in [-0.2, -0.15) is 18.3 Å². The third kappa shape index (κ3) is 4.62. The lowest BCUT2D eigenvalue weighted by atomic mass is 10.1. The van der Waals surface area contributed by atoms with Crippen molar-refractivity contribution in [2.24, 2.45) is 0 Å². The van der Waals surface area contributed by atoms with Gasteiger partial charge in [-0.3, -0.25) is 4.79 Å². The highest BCUT2D eigenvalue weighted by atomic mass is 35.5. The van der Waals surface area contributed by atoms with E-state index in [1.807, 2.05) is 0 Å². The number of halogens is 5. The van der Waals surface area contributed by atoms with Crippen molar-refractivity contribution in [1.29, 1.82) is 0 Å². The van der Waals surface area contributed by atoms with Gasteiger partial charge in [-0.1, -0.05) is 17.7 Å². The largest absolute Gasteiger partial charge is 0.420 e. The topological polar surface area (TPSA) is 59.8 Å². The second kappa shape index (κ2) is 8.43. The number of pyridine rings is 1. The fourth-order valence-corrected chi connectivity index (χ4v) is 3.24. The molecule has 0 aliphatic carbocycles. The maximum absolute atomic E-state index is 13.3. The molecule has 0 aliphatic heterocycles. The molecule has 1 N–H and O–H groups in total. The van der Waals surface area contributed by atoms with Crippen LogP contribution in [0.15, 0.2) is 36.5 Å². The molecule has 2 aromatic heterocycles. The highest BCUT2D eigenvalue weighted by Gasteiger charge is 2.35. The van der Waals surface area contributed by atoms with Gasteiger partial charge in [0.1, 0.15) is 11.4 Å². The zero-order valence-corrected chi connectivity index (χ0v) is 16.8. The van der Waals surface area contributed by atoms with Gasteiger partial charge in [0.2, 0.25) is 5.91 Å². The monoisotopic (exact) mass is 440 g/mol. The predicted molar refractivity (Wildman–Crippen MR) is 103 cm³/mol. The van der Waals surface area contributed by atoms with E-state index in [1.54, 1.807) is 13.8 Å². The first-order valence-electron chi connectivity index (χ1n) is 8.86. The van der Waals surface area contributed by atoms with Crippen LogP contribution in [0.1, 0.15) is 28.1 Å². The number of nitrogens with one attached hydrogen (secondary N) is 1. The van der Waals surface area contributed by atoms with Crippen LogP contribution in [0.25, 0.3) is 5.82 Å². The number of carbonyl (C=O) groups excluding carboxylic acids is 1. The van der Waals surface area contributed by atoms with E-state index in [0.29, 0.717) is 22.5 Å². The molecule has 1 aromatic carbocycles. The summed E-state index contributed by atoms with van der Waals surface area (Å²) in [6, 6.07) is 5.97. The van der Waals surface area contributed by atoms with Crippen LogP contribution in [0.3, 0.4) is 0 Å². The molecule has 0 atom stereocenters. The molecular formula is C20H17ClF4N4O. The van der Waals surface area contributed by atoms with Gasteiger partial charge >= 0.3 is 6.18 Å². The minimum Gasteiger partial charge on any atom is -0.352 e. The van der Waals surface area contributed by atoms with Gasteiger partial charge in [0, 0.05) is 29.0 Å². The minimum absolute atomic E-state index is 0.0860. The summed E-state index contributed by atoms with van der Waals surface area (Å²) in [5, 5.41) is 7.01. The standard InChI is InChI=1S/C20H17ClF4N4O/c1-11-15(9-18(30)27-10-13-5-6-14(22)8-17(13)21)12(2)29(28-11)19-16(20(23,24)25)4-3-7-26-19/h3-8H,9-10H2,1-2H3,(H,27,30). The Kier molecular flexibility index (Phi) is 6.12. The van der Waals surface area contributed by atoms with E-state index in [-0.39, 0.29) is 29.7 Å². The molecule has 0 fully saturated rings. The van der Waals surface area contributed by atoms with Gasteiger partial charge in [-0.05, 0) is 43.7 Å². The summed E-state index contributed by atoms with van der Waals surface area (Å²) in [6.45, 7) is 3.27. The number of amides is 1. The Labute approximate surface area is 174 Å². The third-order valence-electron chi connectivity index (χ3n) is 4.56. The average Bonchev–Trinajstić information content (AvgIpc) is 2.95. The first-order chi connectivity index (χ1) is 14.1. The van der Waals surface area contributed by atoms with E-state index in [2.05, 4.69) is 15.4 Å². The number of rotatable bonds is 5. The molecule has 30 heavy (non-hydrogen) atoms. The highest BCUT2D eigenvalue weighted by Crippen LogP contribution is 2.33. The Balaban J connectivity index is 1.81. The smallest absolute Gasteiger partial charge is 0.352 e. The Bertz CT molecular complexity index is 1090. The fourth-order valence-electron chi connectivity index (χ4n) is 3.01. The van der Waals surface area contributed by atoms with E-state index in [0.717, 1.165) is 16.8 Å². The number of aromatic nitrogens is 3. The van der Waals surface area contributed by atoms with Crippen LogP contribution in [0.4, 0.5) is 17.6 Å². The molecule has 3 rings (SSSR count). The summed E-state index contributed by atoms with van der Waals surface area (Å²) >= 11 is 5.94. The zero-order valence-electron chi connectivity index (χ0n) is 16.0. The lowest BCUT2D eigenvalue weighted by Gasteiger charge is -2.12. The lowest BCUT2D eigenvalue weighted by molar-refractivity contribution is -0.137. The molecule has 3 aromatic rings. The van der Waals surface area contributed by atoms with Crippen LogP contribution in [-0.2, 0) is 23.9 Å². The Hall–Kier alpha value is -2.94. The van der Waals surface area contributed by atoms with Gasteiger partial charge < -0.3 is 5.32 Å². The van der Waals surface area contributed by atoms with Crippen LogP contribution in [0.5, 0.6) is 0 Å². The maximum Gasteiger partial charge on any atom is 0.420 e. The molecule has 0 spiro atoms. The Morgan fingerprint density at radius 2 is 1.97 bits per heavy atom. The SMILES string of the molecule is Cc1nn(-c2ncccc2C(F)(F)F)c(C)c1CC(=O)NCc1ccc(F)cc1Cl. The summed E-state index contributed by atoms with van der Waals surface area (Å²) in [5.41, 5.74) is 0.917. The summed E-state index contributed by atoms with van der Waals surface area (Å²) in [6.07, 6.45) is -3.44. The van der Waals surface area contributed by atoms with Crippen molar-refractivity contribution in [3.8, 4) is 5.82 Å². The van der Waals surface area contributed by atoms with Crippen molar-refractivity contribution in [1.82, 2.24) is 20.1 Å².